The van der Waals surface area contributed by atoms with E-state index in [1.54, 1.807) is 30.5 Å². The third-order valence-electron chi connectivity index (χ3n) is 4.67. The number of aromatic nitrogens is 3. The molecule has 8 heteroatoms. The van der Waals surface area contributed by atoms with Crippen LogP contribution in [0.25, 0.3) is 16.7 Å². The van der Waals surface area contributed by atoms with Crippen LogP contribution in [-0.2, 0) is 16.4 Å². The van der Waals surface area contributed by atoms with E-state index in [-0.39, 0.29) is 32.9 Å². The molecule has 0 amide bonds. The summed E-state index contributed by atoms with van der Waals surface area (Å²) in [7, 11) is -4.00. The number of sulfone groups is 1. The summed E-state index contributed by atoms with van der Waals surface area (Å²) >= 11 is 0. The smallest absolute Gasteiger partial charge is 0.267 e. The number of nitrogens with zero attached hydrogens (tertiary/aromatic N) is 3. The Morgan fingerprint density at radius 1 is 1.17 bits per heavy atom. The van der Waals surface area contributed by atoms with Gasteiger partial charge in [0.05, 0.1) is 10.3 Å². The molecule has 0 aliphatic heterocycles. The minimum absolute atomic E-state index is 0.0581. The maximum Gasteiger partial charge on any atom is 0.267 e. The van der Waals surface area contributed by atoms with Crippen molar-refractivity contribution in [2.45, 2.75) is 23.3 Å². The lowest BCUT2D eigenvalue weighted by molar-refractivity contribution is 0.591. The van der Waals surface area contributed by atoms with Crippen LogP contribution < -0.4 is 11.0 Å². The molecule has 0 aliphatic rings. The van der Waals surface area contributed by atoms with Crippen molar-refractivity contribution in [2.24, 2.45) is 0 Å². The molecule has 3 heterocycles. The second-order valence-corrected chi connectivity index (χ2v) is 8.58. The lowest BCUT2D eigenvalue weighted by Crippen LogP contribution is -2.29. The van der Waals surface area contributed by atoms with Crippen molar-refractivity contribution in [3.05, 3.63) is 88.8 Å². The summed E-state index contributed by atoms with van der Waals surface area (Å²) in [5, 5.41) is 8.66. The average Bonchev–Trinajstić information content (AvgIpc) is 2.71. The van der Waals surface area contributed by atoms with Crippen LogP contribution in [0, 0.1) is 12.3 Å². The molecule has 0 radical (unpaired) electrons. The van der Waals surface area contributed by atoms with Gasteiger partial charge >= 0.3 is 0 Å². The zero-order valence-electron chi connectivity index (χ0n) is 15.7. The third-order valence-corrected chi connectivity index (χ3v) is 6.46. The minimum Gasteiger partial charge on any atom is -0.306 e. The molecule has 4 aromatic rings. The van der Waals surface area contributed by atoms with Gasteiger partial charge in [0.2, 0.25) is 9.84 Å². The minimum atomic E-state index is -4.00. The molecule has 0 bridgehead atoms. The Kier molecular flexibility index (Phi) is 4.43. The average molecular weight is 406 g/mol. The molecule has 29 heavy (non-hydrogen) atoms. The molecule has 3 aromatic heterocycles. The lowest BCUT2D eigenvalue weighted by Gasteiger charge is -2.14. The van der Waals surface area contributed by atoms with E-state index in [9.17, 15) is 13.2 Å². The highest BCUT2D eigenvalue weighted by Crippen LogP contribution is 2.20. The van der Waals surface area contributed by atoms with Crippen LogP contribution in [0.1, 0.15) is 5.56 Å². The topological polar surface area (TPSA) is 97.3 Å². The summed E-state index contributed by atoms with van der Waals surface area (Å²) in [5.74, 6) is 0. The van der Waals surface area contributed by atoms with Crippen LogP contribution in [0.3, 0.4) is 0 Å². The van der Waals surface area contributed by atoms with Gasteiger partial charge in [0.1, 0.15) is 21.7 Å². The van der Waals surface area contributed by atoms with Gasteiger partial charge in [-0.2, -0.15) is 0 Å². The van der Waals surface area contributed by atoms with Gasteiger partial charge < -0.3 is 4.57 Å². The Morgan fingerprint density at radius 3 is 2.59 bits per heavy atom. The number of benzene rings is 1. The highest BCUT2D eigenvalue weighted by molar-refractivity contribution is 7.91. The van der Waals surface area contributed by atoms with Crippen molar-refractivity contribution in [1.29, 1.82) is 5.41 Å². The monoisotopic (exact) mass is 406 g/mol. The standard InChI is InChI=1S/C21H18N4O3S/c1-3-11-24-19(22)17(29(27,28)15-7-5-4-6-8-15)12-16-20(24)23-18-10-9-14(2)13-25(18)21(16)26/h3-10,12-13,22H,1,11H2,2H3. The molecule has 0 atom stereocenters. The van der Waals surface area contributed by atoms with E-state index in [1.807, 2.05) is 13.0 Å². The highest BCUT2D eigenvalue weighted by Gasteiger charge is 2.23. The Bertz CT molecular complexity index is 1500. The van der Waals surface area contributed by atoms with Crippen molar-refractivity contribution in [3.63, 3.8) is 0 Å². The number of allylic oxidation sites excluding steroid dienone is 1. The molecule has 0 saturated carbocycles. The van der Waals surface area contributed by atoms with Crippen molar-refractivity contribution in [2.75, 3.05) is 0 Å². The van der Waals surface area contributed by atoms with Gasteiger partial charge in [0.25, 0.3) is 5.56 Å². The molecule has 146 valence electrons. The van der Waals surface area contributed by atoms with Crippen LogP contribution >= 0.6 is 0 Å². The Morgan fingerprint density at radius 2 is 1.90 bits per heavy atom. The zero-order chi connectivity index (χ0) is 20.8. The summed E-state index contributed by atoms with van der Waals surface area (Å²) in [5.41, 5.74) is 0.898. The Labute approximate surface area is 166 Å². The Balaban J connectivity index is 2.18. The first-order chi connectivity index (χ1) is 13.8. The predicted molar refractivity (Wildman–Crippen MR) is 110 cm³/mol. The fourth-order valence-electron chi connectivity index (χ4n) is 3.26. The van der Waals surface area contributed by atoms with E-state index < -0.39 is 15.4 Å². The quantitative estimate of drug-likeness (QED) is 0.416. The number of rotatable bonds is 4. The number of hydrogen-bond donors (Lipinski definition) is 1. The molecule has 0 spiro atoms. The first-order valence-corrected chi connectivity index (χ1v) is 10.3. The maximum atomic E-state index is 13.2. The van der Waals surface area contributed by atoms with E-state index in [0.717, 1.165) is 5.56 Å². The van der Waals surface area contributed by atoms with Crippen LogP contribution in [0.2, 0.25) is 0 Å². The van der Waals surface area contributed by atoms with Crippen molar-refractivity contribution < 1.29 is 8.42 Å². The van der Waals surface area contributed by atoms with E-state index in [1.165, 1.54) is 33.2 Å². The van der Waals surface area contributed by atoms with Gasteiger partial charge in [-0.25, -0.2) is 13.4 Å². The molecule has 1 aromatic carbocycles. The number of fused-ring (bicyclic) bond motifs is 2. The molecular formula is C21H18N4O3S. The summed E-state index contributed by atoms with van der Waals surface area (Å²) in [6.07, 6.45) is 3.19. The van der Waals surface area contributed by atoms with Gasteiger partial charge in [-0.1, -0.05) is 30.3 Å². The molecule has 0 saturated heterocycles. The number of pyridine rings is 2. The second-order valence-electron chi connectivity index (χ2n) is 6.66. The van der Waals surface area contributed by atoms with Crippen molar-refractivity contribution in [1.82, 2.24) is 14.0 Å². The molecule has 0 unspecified atom stereocenters. The molecule has 4 rings (SSSR count). The first-order valence-electron chi connectivity index (χ1n) is 8.87. The Hall–Kier alpha value is -3.52. The molecular weight excluding hydrogens is 388 g/mol. The predicted octanol–water partition coefficient (Wildman–Crippen LogP) is 2.46. The largest absolute Gasteiger partial charge is 0.306 e. The van der Waals surface area contributed by atoms with E-state index in [4.69, 9.17) is 5.41 Å². The third kappa shape index (κ3) is 2.98. The van der Waals surface area contributed by atoms with Crippen LogP contribution in [0.5, 0.6) is 0 Å². The highest BCUT2D eigenvalue weighted by atomic mass is 32.2. The van der Waals surface area contributed by atoms with Gasteiger partial charge in [0.15, 0.2) is 0 Å². The first kappa shape index (κ1) is 18.8. The number of hydrogen-bond acceptors (Lipinski definition) is 5. The van der Waals surface area contributed by atoms with Crippen LogP contribution in [0.4, 0.5) is 0 Å². The fraction of sp³-hybridized carbons (Fsp3) is 0.0952. The van der Waals surface area contributed by atoms with Gasteiger partial charge in [-0.3, -0.25) is 14.6 Å². The second kappa shape index (κ2) is 6.82. The van der Waals surface area contributed by atoms with Crippen molar-refractivity contribution >= 4 is 26.5 Å². The summed E-state index contributed by atoms with van der Waals surface area (Å²) in [6, 6.07) is 12.7. The van der Waals surface area contributed by atoms with Gasteiger partial charge in [0, 0.05) is 12.7 Å². The normalized spacial score (nSPS) is 11.8. The summed E-state index contributed by atoms with van der Waals surface area (Å²) in [4.78, 5) is 17.5. The molecule has 7 nitrogen and oxygen atoms in total. The number of aryl methyl sites for hydroxylation is 1. The van der Waals surface area contributed by atoms with Gasteiger partial charge in [-0.15, -0.1) is 6.58 Å². The van der Waals surface area contributed by atoms with Crippen LogP contribution in [-0.4, -0.2) is 22.4 Å². The lowest BCUT2D eigenvalue weighted by atomic mass is 10.2. The summed E-state index contributed by atoms with van der Waals surface area (Å²) < 4.78 is 29.2. The molecule has 0 fully saturated rings. The van der Waals surface area contributed by atoms with Crippen LogP contribution in [0.15, 0.2) is 82.0 Å². The summed E-state index contributed by atoms with van der Waals surface area (Å²) in [6.45, 7) is 5.68. The fourth-order valence-corrected chi connectivity index (χ4v) is 4.66. The van der Waals surface area contributed by atoms with Crippen molar-refractivity contribution in [3.8, 4) is 0 Å². The molecule has 0 aliphatic carbocycles. The SMILES string of the molecule is C=CCn1c(=N)c(S(=O)(=O)c2ccccc2)cc2c(=O)n3cc(C)ccc3nc21. The van der Waals surface area contributed by atoms with E-state index >= 15 is 0 Å². The van der Waals surface area contributed by atoms with E-state index in [0.29, 0.717) is 5.65 Å². The number of nitrogens with one attached hydrogen (secondary N) is 1. The maximum absolute atomic E-state index is 13.2. The molecule has 1 N–H and O–H groups in total. The zero-order valence-corrected chi connectivity index (χ0v) is 16.5. The van der Waals surface area contributed by atoms with E-state index in [2.05, 4.69) is 11.6 Å². The van der Waals surface area contributed by atoms with Gasteiger partial charge in [-0.05, 0) is 36.8 Å².